The fraction of sp³-hybridized carbons (Fsp3) is 0.812. The van der Waals surface area contributed by atoms with Crippen molar-refractivity contribution in [3.8, 4) is 0 Å². The highest BCUT2D eigenvalue weighted by Crippen LogP contribution is 2.28. The van der Waals surface area contributed by atoms with Crippen LogP contribution in [-0.4, -0.2) is 40.0 Å². The molecule has 0 spiro atoms. The van der Waals surface area contributed by atoms with Gasteiger partial charge in [-0.2, -0.15) is 0 Å². The molecule has 3 rings (SSSR count). The predicted octanol–water partition coefficient (Wildman–Crippen LogP) is 1.76. The van der Waals surface area contributed by atoms with Crippen molar-refractivity contribution in [2.45, 2.75) is 58.0 Å². The van der Waals surface area contributed by atoms with Crippen molar-refractivity contribution in [1.82, 2.24) is 25.6 Å². The van der Waals surface area contributed by atoms with E-state index in [-0.39, 0.29) is 11.9 Å². The Labute approximate surface area is 132 Å². The molecule has 2 atom stereocenters. The molecular weight excluding hydrogens is 278 g/mol. The summed E-state index contributed by atoms with van der Waals surface area (Å²) in [4.78, 5) is 12.4. The maximum atomic E-state index is 12.4. The first-order valence-electron chi connectivity index (χ1n) is 8.55. The number of aromatic nitrogens is 3. The Morgan fingerprint density at radius 2 is 1.91 bits per heavy atom. The number of piperidine rings is 1. The summed E-state index contributed by atoms with van der Waals surface area (Å²) in [5.74, 6) is 1.28. The van der Waals surface area contributed by atoms with Gasteiger partial charge in [0.1, 0.15) is 0 Å². The lowest BCUT2D eigenvalue weighted by Gasteiger charge is -2.31. The average Bonchev–Trinajstić information content (AvgIpc) is 2.97. The van der Waals surface area contributed by atoms with Crippen LogP contribution in [0, 0.1) is 11.8 Å². The Morgan fingerprint density at radius 1 is 1.23 bits per heavy atom. The normalized spacial score (nSPS) is 30.2. The molecule has 1 aliphatic carbocycles. The fourth-order valence-electron chi connectivity index (χ4n) is 3.95. The zero-order valence-electron chi connectivity index (χ0n) is 13.6. The van der Waals surface area contributed by atoms with Gasteiger partial charge in [-0.1, -0.05) is 19.1 Å². The molecule has 0 aromatic carbocycles. The minimum absolute atomic E-state index is 0.0773. The number of hydrogen-bond acceptors (Lipinski definition) is 4. The molecule has 6 nitrogen and oxygen atoms in total. The molecule has 0 bridgehead atoms. The van der Waals surface area contributed by atoms with E-state index in [0.717, 1.165) is 38.8 Å². The van der Waals surface area contributed by atoms with Crippen molar-refractivity contribution in [3.05, 3.63) is 11.9 Å². The highest BCUT2D eigenvalue weighted by molar-refractivity contribution is 5.92. The number of nitrogens with zero attached hydrogens (tertiary/aromatic N) is 3. The van der Waals surface area contributed by atoms with E-state index in [9.17, 15) is 4.79 Å². The SMILES string of the molecule is CC1CC(C)CC(NC(=O)c2cn(C3CCNCC3)nn2)C1. The van der Waals surface area contributed by atoms with E-state index in [2.05, 4.69) is 34.8 Å². The molecule has 1 saturated carbocycles. The molecule has 2 aliphatic rings. The second kappa shape index (κ2) is 6.77. The van der Waals surface area contributed by atoms with Crippen molar-refractivity contribution < 1.29 is 4.79 Å². The monoisotopic (exact) mass is 305 g/mol. The predicted molar refractivity (Wildman–Crippen MR) is 84.6 cm³/mol. The fourth-order valence-corrected chi connectivity index (χ4v) is 3.95. The van der Waals surface area contributed by atoms with Crippen molar-refractivity contribution in [1.29, 1.82) is 0 Å². The lowest BCUT2D eigenvalue weighted by molar-refractivity contribution is 0.0906. The van der Waals surface area contributed by atoms with Crippen LogP contribution in [0.3, 0.4) is 0 Å². The average molecular weight is 305 g/mol. The van der Waals surface area contributed by atoms with Gasteiger partial charge >= 0.3 is 0 Å². The molecule has 1 saturated heterocycles. The number of carbonyl (C=O) groups is 1. The maximum Gasteiger partial charge on any atom is 0.273 e. The Morgan fingerprint density at radius 3 is 2.59 bits per heavy atom. The molecule has 6 heteroatoms. The first-order chi connectivity index (χ1) is 10.6. The molecule has 1 amide bonds. The third-order valence-electron chi connectivity index (χ3n) is 4.94. The molecule has 22 heavy (non-hydrogen) atoms. The van der Waals surface area contributed by atoms with Crippen LogP contribution < -0.4 is 10.6 Å². The van der Waals surface area contributed by atoms with Crippen molar-refractivity contribution >= 4 is 5.91 Å². The number of amides is 1. The van der Waals surface area contributed by atoms with E-state index in [4.69, 9.17) is 0 Å². The summed E-state index contributed by atoms with van der Waals surface area (Å²) in [6, 6.07) is 0.639. The van der Waals surface area contributed by atoms with Crippen LogP contribution in [0.25, 0.3) is 0 Å². The molecule has 2 unspecified atom stereocenters. The van der Waals surface area contributed by atoms with Gasteiger partial charge in [-0.25, -0.2) is 4.68 Å². The molecule has 2 heterocycles. The zero-order chi connectivity index (χ0) is 15.5. The second-order valence-electron chi connectivity index (χ2n) is 7.15. The lowest BCUT2D eigenvalue weighted by atomic mass is 9.80. The van der Waals surface area contributed by atoms with E-state index in [1.54, 1.807) is 6.20 Å². The maximum absolute atomic E-state index is 12.4. The van der Waals surface area contributed by atoms with E-state index < -0.39 is 0 Å². The first kappa shape index (κ1) is 15.5. The third-order valence-corrected chi connectivity index (χ3v) is 4.94. The summed E-state index contributed by atoms with van der Waals surface area (Å²) in [5, 5.41) is 14.7. The topological polar surface area (TPSA) is 71.8 Å². The van der Waals surface area contributed by atoms with E-state index in [1.165, 1.54) is 6.42 Å². The van der Waals surface area contributed by atoms with Crippen molar-refractivity contribution in [2.24, 2.45) is 11.8 Å². The quantitative estimate of drug-likeness (QED) is 0.892. The molecule has 2 N–H and O–H groups in total. The lowest BCUT2D eigenvalue weighted by Crippen LogP contribution is -2.40. The van der Waals surface area contributed by atoms with Gasteiger partial charge in [0.15, 0.2) is 5.69 Å². The van der Waals surface area contributed by atoms with Gasteiger partial charge in [0.05, 0.1) is 12.2 Å². The van der Waals surface area contributed by atoms with Gasteiger partial charge in [0.25, 0.3) is 5.91 Å². The molecule has 1 aliphatic heterocycles. The first-order valence-corrected chi connectivity index (χ1v) is 8.55. The van der Waals surface area contributed by atoms with Crippen LogP contribution in [0.4, 0.5) is 0 Å². The highest BCUT2D eigenvalue weighted by atomic mass is 16.2. The largest absolute Gasteiger partial charge is 0.348 e. The molecule has 1 aromatic rings. The Bertz CT molecular complexity index is 498. The Hall–Kier alpha value is -1.43. The summed E-state index contributed by atoms with van der Waals surface area (Å²) in [6.45, 7) is 6.54. The second-order valence-corrected chi connectivity index (χ2v) is 7.15. The number of rotatable bonds is 3. The molecule has 1 aromatic heterocycles. The summed E-state index contributed by atoms with van der Waals surface area (Å²) < 4.78 is 1.86. The minimum Gasteiger partial charge on any atom is -0.348 e. The van der Waals surface area contributed by atoms with Gasteiger partial charge in [0, 0.05) is 6.04 Å². The van der Waals surface area contributed by atoms with Crippen molar-refractivity contribution in [3.63, 3.8) is 0 Å². The number of carbonyl (C=O) groups excluding carboxylic acids is 1. The van der Waals surface area contributed by atoms with E-state index in [0.29, 0.717) is 23.6 Å². The summed E-state index contributed by atoms with van der Waals surface area (Å²) in [7, 11) is 0. The van der Waals surface area contributed by atoms with Crippen LogP contribution in [0.15, 0.2) is 6.20 Å². The van der Waals surface area contributed by atoms with Crippen LogP contribution >= 0.6 is 0 Å². The summed E-state index contributed by atoms with van der Waals surface area (Å²) in [6.07, 6.45) is 7.29. The molecule has 0 radical (unpaired) electrons. The molecule has 2 fully saturated rings. The van der Waals surface area contributed by atoms with Crippen LogP contribution in [0.5, 0.6) is 0 Å². The Balaban J connectivity index is 1.59. The molecular formula is C16H27N5O. The molecule has 122 valence electrons. The number of hydrogen-bond donors (Lipinski definition) is 2. The smallest absolute Gasteiger partial charge is 0.273 e. The van der Waals surface area contributed by atoms with Gasteiger partial charge in [-0.15, -0.1) is 5.10 Å². The standard InChI is InChI=1S/C16H27N5O/c1-11-7-12(2)9-13(8-11)18-16(22)15-10-21(20-19-15)14-3-5-17-6-4-14/h10-14,17H,3-9H2,1-2H3,(H,18,22). The van der Waals surface area contributed by atoms with Crippen LogP contribution in [0.2, 0.25) is 0 Å². The Kier molecular flexibility index (Phi) is 4.76. The van der Waals surface area contributed by atoms with Gasteiger partial charge in [-0.05, 0) is 57.0 Å². The summed E-state index contributed by atoms with van der Waals surface area (Å²) in [5.41, 5.74) is 0.449. The minimum atomic E-state index is -0.0773. The third kappa shape index (κ3) is 3.66. The van der Waals surface area contributed by atoms with E-state index >= 15 is 0 Å². The van der Waals surface area contributed by atoms with Crippen LogP contribution in [-0.2, 0) is 0 Å². The van der Waals surface area contributed by atoms with Gasteiger partial charge in [0.2, 0.25) is 0 Å². The number of nitrogens with one attached hydrogen (secondary N) is 2. The van der Waals surface area contributed by atoms with Gasteiger partial charge in [-0.3, -0.25) is 4.79 Å². The summed E-state index contributed by atoms with van der Waals surface area (Å²) >= 11 is 0. The van der Waals surface area contributed by atoms with Gasteiger partial charge < -0.3 is 10.6 Å². The van der Waals surface area contributed by atoms with Crippen LogP contribution in [0.1, 0.15) is 62.5 Å². The van der Waals surface area contributed by atoms with E-state index in [1.807, 2.05) is 4.68 Å². The highest BCUT2D eigenvalue weighted by Gasteiger charge is 2.26. The van der Waals surface area contributed by atoms with Crippen molar-refractivity contribution in [2.75, 3.05) is 13.1 Å². The zero-order valence-corrected chi connectivity index (χ0v) is 13.6.